The monoisotopic (exact) mass is 136 g/mol. The predicted molar refractivity (Wildman–Crippen MR) is 47.9 cm³/mol. The van der Waals surface area contributed by atoms with Gasteiger partial charge < -0.3 is 0 Å². The predicted octanol–water partition coefficient (Wildman–Crippen LogP) is 3.33. The van der Waals surface area contributed by atoms with Gasteiger partial charge in [-0.2, -0.15) is 0 Å². The molecule has 0 aliphatic carbocycles. The molecule has 0 spiro atoms. The summed E-state index contributed by atoms with van der Waals surface area (Å²) in [6, 6.07) is 0. The van der Waals surface area contributed by atoms with Crippen molar-refractivity contribution in [1.82, 2.24) is 0 Å². The second kappa shape index (κ2) is 3.40. The molecule has 0 rings (SSSR count). The van der Waals surface area contributed by atoms with E-state index in [4.69, 9.17) is 0 Å². The summed E-state index contributed by atoms with van der Waals surface area (Å²) in [7, 11) is 0. The van der Waals surface area contributed by atoms with Gasteiger partial charge in [0.25, 0.3) is 0 Å². The zero-order chi connectivity index (χ0) is 8.20. The average molecular weight is 136 g/mol. The minimum atomic E-state index is 0.190. The standard InChI is InChI=1S/C10H16/c1-6-8-9(7-2)10(3,4)5/h6-8H,1-2H2,3-5H3. The van der Waals surface area contributed by atoms with Crippen molar-refractivity contribution in [2.75, 3.05) is 0 Å². The van der Waals surface area contributed by atoms with E-state index in [2.05, 4.69) is 33.9 Å². The first-order chi connectivity index (χ1) is 4.52. The fourth-order valence-corrected chi connectivity index (χ4v) is 0.751. The quantitative estimate of drug-likeness (QED) is 0.511. The van der Waals surface area contributed by atoms with E-state index in [-0.39, 0.29) is 5.41 Å². The lowest BCUT2D eigenvalue weighted by molar-refractivity contribution is 0.517. The summed E-state index contributed by atoms with van der Waals surface area (Å²) in [5.74, 6) is 0. The van der Waals surface area contributed by atoms with E-state index in [1.54, 1.807) is 6.08 Å². The van der Waals surface area contributed by atoms with Gasteiger partial charge in [0.15, 0.2) is 0 Å². The zero-order valence-corrected chi connectivity index (χ0v) is 7.15. The van der Waals surface area contributed by atoms with Crippen LogP contribution in [0.5, 0.6) is 0 Å². The first kappa shape index (κ1) is 9.22. The summed E-state index contributed by atoms with van der Waals surface area (Å²) in [6.45, 7) is 13.8. The first-order valence-corrected chi connectivity index (χ1v) is 3.48. The van der Waals surface area contributed by atoms with Gasteiger partial charge in [0.2, 0.25) is 0 Å². The van der Waals surface area contributed by atoms with Gasteiger partial charge in [-0.25, -0.2) is 0 Å². The zero-order valence-electron chi connectivity index (χ0n) is 7.15. The van der Waals surface area contributed by atoms with Crippen LogP contribution in [0.1, 0.15) is 20.8 Å². The van der Waals surface area contributed by atoms with Crippen molar-refractivity contribution in [2.45, 2.75) is 20.8 Å². The molecule has 0 aliphatic rings. The van der Waals surface area contributed by atoms with Crippen molar-refractivity contribution in [3.05, 3.63) is 37.0 Å². The first-order valence-electron chi connectivity index (χ1n) is 3.48. The Kier molecular flexibility index (Phi) is 3.14. The highest BCUT2D eigenvalue weighted by molar-refractivity contribution is 5.26. The Morgan fingerprint density at radius 2 is 1.70 bits per heavy atom. The Bertz CT molecular complexity index is 153. The molecule has 0 aromatic heterocycles. The number of rotatable bonds is 2. The van der Waals surface area contributed by atoms with Crippen LogP contribution in [0.3, 0.4) is 0 Å². The molecular weight excluding hydrogens is 120 g/mol. The van der Waals surface area contributed by atoms with E-state index >= 15 is 0 Å². The topological polar surface area (TPSA) is 0 Å². The number of hydrogen-bond acceptors (Lipinski definition) is 0. The summed E-state index contributed by atoms with van der Waals surface area (Å²) in [6.07, 6.45) is 5.66. The smallest absolute Gasteiger partial charge is 0.0132 e. The molecule has 0 bridgehead atoms. The van der Waals surface area contributed by atoms with Crippen molar-refractivity contribution >= 4 is 0 Å². The highest BCUT2D eigenvalue weighted by Crippen LogP contribution is 2.25. The van der Waals surface area contributed by atoms with Crippen molar-refractivity contribution in [3.63, 3.8) is 0 Å². The minimum Gasteiger partial charge on any atom is -0.0991 e. The molecule has 10 heavy (non-hydrogen) atoms. The van der Waals surface area contributed by atoms with Crippen LogP contribution in [0.2, 0.25) is 0 Å². The molecule has 0 radical (unpaired) electrons. The van der Waals surface area contributed by atoms with Crippen LogP contribution in [0, 0.1) is 5.41 Å². The normalized spacial score (nSPS) is 12.9. The van der Waals surface area contributed by atoms with Gasteiger partial charge in [0.05, 0.1) is 0 Å². The molecule has 0 amide bonds. The summed E-state index contributed by atoms with van der Waals surface area (Å²) < 4.78 is 0. The van der Waals surface area contributed by atoms with E-state index in [1.165, 1.54) is 5.57 Å². The van der Waals surface area contributed by atoms with Gasteiger partial charge in [0, 0.05) is 0 Å². The van der Waals surface area contributed by atoms with Gasteiger partial charge in [0.1, 0.15) is 0 Å². The van der Waals surface area contributed by atoms with Gasteiger partial charge >= 0.3 is 0 Å². The lowest BCUT2D eigenvalue weighted by atomic mass is 9.86. The Morgan fingerprint density at radius 1 is 1.20 bits per heavy atom. The highest BCUT2D eigenvalue weighted by atomic mass is 14.2. The molecule has 0 heteroatoms. The molecular formula is C10H16. The van der Waals surface area contributed by atoms with Gasteiger partial charge in [-0.05, 0) is 11.0 Å². The molecule has 0 aromatic carbocycles. The van der Waals surface area contributed by atoms with Crippen molar-refractivity contribution < 1.29 is 0 Å². The van der Waals surface area contributed by atoms with Crippen LogP contribution in [-0.4, -0.2) is 0 Å². The van der Waals surface area contributed by atoms with Crippen LogP contribution in [0.25, 0.3) is 0 Å². The van der Waals surface area contributed by atoms with Crippen molar-refractivity contribution in [2.24, 2.45) is 5.41 Å². The van der Waals surface area contributed by atoms with E-state index in [1.807, 2.05) is 12.2 Å². The van der Waals surface area contributed by atoms with E-state index in [0.717, 1.165) is 0 Å². The van der Waals surface area contributed by atoms with Crippen LogP contribution in [0.4, 0.5) is 0 Å². The maximum absolute atomic E-state index is 3.73. The van der Waals surface area contributed by atoms with Crippen LogP contribution in [0.15, 0.2) is 37.0 Å². The SMILES string of the molecule is C=CC=C(C=C)C(C)(C)C. The summed E-state index contributed by atoms with van der Waals surface area (Å²) in [5, 5.41) is 0. The van der Waals surface area contributed by atoms with Crippen molar-refractivity contribution in [3.8, 4) is 0 Å². The van der Waals surface area contributed by atoms with Crippen LogP contribution in [-0.2, 0) is 0 Å². The van der Waals surface area contributed by atoms with Gasteiger partial charge in [-0.3, -0.25) is 0 Å². The molecule has 0 unspecified atom stereocenters. The molecule has 0 aliphatic heterocycles. The molecule has 0 heterocycles. The Morgan fingerprint density at radius 3 is 1.80 bits per heavy atom. The van der Waals surface area contributed by atoms with Crippen molar-refractivity contribution in [1.29, 1.82) is 0 Å². The molecule has 0 aromatic rings. The lowest BCUT2D eigenvalue weighted by Gasteiger charge is -2.19. The Balaban J connectivity index is 4.51. The fourth-order valence-electron chi connectivity index (χ4n) is 0.751. The maximum atomic E-state index is 3.73. The number of hydrogen-bond donors (Lipinski definition) is 0. The van der Waals surface area contributed by atoms with Gasteiger partial charge in [-0.1, -0.05) is 52.2 Å². The van der Waals surface area contributed by atoms with E-state index < -0.39 is 0 Å². The highest BCUT2D eigenvalue weighted by Gasteiger charge is 2.12. The van der Waals surface area contributed by atoms with Crippen LogP contribution >= 0.6 is 0 Å². The minimum absolute atomic E-state index is 0.190. The molecule has 0 atom stereocenters. The summed E-state index contributed by atoms with van der Waals surface area (Å²) >= 11 is 0. The molecule has 0 N–H and O–H groups in total. The lowest BCUT2D eigenvalue weighted by Crippen LogP contribution is -2.06. The summed E-state index contributed by atoms with van der Waals surface area (Å²) in [4.78, 5) is 0. The van der Waals surface area contributed by atoms with E-state index in [9.17, 15) is 0 Å². The molecule has 0 nitrogen and oxygen atoms in total. The molecule has 0 fully saturated rings. The maximum Gasteiger partial charge on any atom is -0.0132 e. The second-order valence-electron chi connectivity index (χ2n) is 3.31. The summed E-state index contributed by atoms with van der Waals surface area (Å²) in [5.41, 5.74) is 1.41. The fraction of sp³-hybridized carbons (Fsp3) is 0.400. The van der Waals surface area contributed by atoms with E-state index in [0.29, 0.717) is 0 Å². The molecule has 56 valence electrons. The second-order valence-corrected chi connectivity index (χ2v) is 3.31. The average Bonchev–Trinajstić information content (AvgIpc) is 1.80. The molecule has 0 saturated carbocycles. The Labute approximate surface area is 64.0 Å². The third-order valence-corrected chi connectivity index (χ3v) is 1.38. The Hall–Kier alpha value is -0.780. The third kappa shape index (κ3) is 2.67. The third-order valence-electron chi connectivity index (χ3n) is 1.38. The van der Waals surface area contributed by atoms with Crippen LogP contribution < -0.4 is 0 Å². The van der Waals surface area contributed by atoms with Gasteiger partial charge in [-0.15, -0.1) is 0 Å². The largest absolute Gasteiger partial charge is 0.0991 e. The number of allylic oxidation sites excluding steroid dienone is 4. The molecule has 0 saturated heterocycles.